The van der Waals surface area contributed by atoms with Crippen molar-refractivity contribution in [1.29, 1.82) is 0 Å². The van der Waals surface area contributed by atoms with Crippen LogP contribution in [0.5, 0.6) is 0 Å². The summed E-state index contributed by atoms with van der Waals surface area (Å²) in [5.74, 6) is -0.411. The van der Waals surface area contributed by atoms with Crippen molar-refractivity contribution in [1.82, 2.24) is 20.9 Å². The number of benzene rings is 5. The number of urea groups is 1. The van der Waals surface area contributed by atoms with Gasteiger partial charge in [-0.05, 0) is 58.4 Å². The van der Waals surface area contributed by atoms with Crippen molar-refractivity contribution >= 4 is 23.6 Å². The standard InChI is InChI=1S/C50H55N5O7/c1-34-44(31-54-27-25-50(26-28-54)48(58)52-33-55(50)41-14-7-4-8-15-41)61-47(62-45(34)38-19-17-36(32-56)18-20-38)39-23-21-37(22-24-39)42-16-10-9-13-40(42)30-51-49(59)53-43(46(57)60-2)29-35-11-5-3-6-12-35/h3-24,34,43-45,47,56H,25-33H2,1-2H3,(H,52,58)(H2,51,53,59)/t34-,43-,44+,45+,47+/m0/s1. The number of anilines is 1. The summed E-state index contributed by atoms with van der Waals surface area (Å²) in [7, 11) is 1.31. The van der Waals surface area contributed by atoms with Crippen molar-refractivity contribution in [3.8, 4) is 11.1 Å². The molecule has 12 nitrogen and oxygen atoms in total. The van der Waals surface area contributed by atoms with Gasteiger partial charge in [0.15, 0.2) is 6.29 Å². The summed E-state index contributed by atoms with van der Waals surface area (Å²) in [6, 6.07) is 42.3. The predicted octanol–water partition coefficient (Wildman–Crippen LogP) is 6.65. The lowest BCUT2D eigenvalue weighted by atomic mass is 9.84. The van der Waals surface area contributed by atoms with Crippen LogP contribution in [0.2, 0.25) is 0 Å². The van der Waals surface area contributed by atoms with E-state index in [1.54, 1.807) is 0 Å². The second-order valence-electron chi connectivity index (χ2n) is 16.5. The number of nitrogens with one attached hydrogen (secondary N) is 3. The maximum absolute atomic E-state index is 13.4. The van der Waals surface area contributed by atoms with Crippen molar-refractivity contribution in [3.63, 3.8) is 0 Å². The third-order valence-corrected chi connectivity index (χ3v) is 12.7. The van der Waals surface area contributed by atoms with E-state index in [0.29, 0.717) is 32.5 Å². The topological polar surface area (TPSA) is 142 Å². The Morgan fingerprint density at radius 3 is 2.19 bits per heavy atom. The highest BCUT2D eigenvalue weighted by Crippen LogP contribution is 2.43. The molecular weight excluding hydrogens is 783 g/mol. The Morgan fingerprint density at radius 2 is 1.50 bits per heavy atom. The highest BCUT2D eigenvalue weighted by Gasteiger charge is 2.51. The number of hydrogen-bond donors (Lipinski definition) is 4. The number of nitrogens with zero attached hydrogens (tertiary/aromatic N) is 2. The van der Waals surface area contributed by atoms with Gasteiger partial charge >= 0.3 is 12.0 Å². The molecule has 322 valence electrons. The third kappa shape index (κ3) is 9.39. The molecule has 12 heteroatoms. The fraction of sp³-hybridized carbons (Fsp3) is 0.340. The largest absolute Gasteiger partial charge is 0.467 e. The second kappa shape index (κ2) is 19.3. The van der Waals surface area contributed by atoms with Crippen LogP contribution in [0.3, 0.4) is 0 Å². The van der Waals surface area contributed by atoms with E-state index in [1.807, 2.05) is 121 Å². The normalized spacial score (nSPS) is 21.5. The maximum atomic E-state index is 13.4. The van der Waals surface area contributed by atoms with Crippen LogP contribution in [-0.4, -0.2) is 79.0 Å². The maximum Gasteiger partial charge on any atom is 0.328 e. The van der Waals surface area contributed by atoms with Crippen molar-refractivity contribution in [2.75, 3.05) is 38.3 Å². The fourth-order valence-electron chi connectivity index (χ4n) is 9.07. The Hall–Kier alpha value is -6.05. The molecule has 4 N–H and O–H groups in total. The van der Waals surface area contributed by atoms with Gasteiger partial charge in [-0.2, -0.15) is 0 Å². The lowest BCUT2D eigenvalue weighted by molar-refractivity contribution is -0.276. The molecule has 1 spiro atoms. The van der Waals surface area contributed by atoms with E-state index in [-0.39, 0.29) is 37.2 Å². The minimum Gasteiger partial charge on any atom is -0.467 e. The first-order chi connectivity index (χ1) is 30.2. The summed E-state index contributed by atoms with van der Waals surface area (Å²) in [5.41, 5.74) is 6.95. The number of carbonyl (C=O) groups excluding carboxylic acids is 3. The number of methoxy groups -OCH3 is 1. The van der Waals surface area contributed by atoms with Crippen LogP contribution in [0.1, 0.15) is 60.0 Å². The van der Waals surface area contributed by atoms with E-state index in [0.717, 1.165) is 57.7 Å². The molecule has 8 rings (SSSR count). The lowest BCUT2D eigenvalue weighted by Crippen LogP contribution is -2.57. The average molecular weight is 838 g/mol. The second-order valence-corrected chi connectivity index (χ2v) is 16.5. The zero-order valence-electron chi connectivity index (χ0n) is 35.2. The number of aliphatic hydroxyl groups is 1. The van der Waals surface area contributed by atoms with Gasteiger partial charge in [0, 0.05) is 49.8 Å². The van der Waals surface area contributed by atoms with E-state index in [1.165, 1.54) is 7.11 Å². The van der Waals surface area contributed by atoms with Crippen LogP contribution in [0.15, 0.2) is 133 Å². The number of piperidine rings is 1. The summed E-state index contributed by atoms with van der Waals surface area (Å²) in [4.78, 5) is 43.7. The number of likely N-dealkylation sites (tertiary alicyclic amines) is 1. The van der Waals surface area contributed by atoms with Crippen LogP contribution in [0.4, 0.5) is 10.5 Å². The minimum absolute atomic E-state index is 0.00907. The molecule has 0 bridgehead atoms. The van der Waals surface area contributed by atoms with Crippen LogP contribution in [0, 0.1) is 5.92 Å². The first-order valence-corrected chi connectivity index (χ1v) is 21.4. The quantitative estimate of drug-likeness (QED) is 0.0960. The van der Waals surface area contributed by atoms with E-state index in [2.05, 4.69) is 44.8 Å². The fourth-order valence-corrected chi connectivity index (χ4v) is 9.07. The van der Waals surface area contributed by atoms with Gasteiger partial charge in [-0.25, -0.2) is 9.59 Å². The number of amides is 3. The Balaban J connectivity index is 0.957. The van der Waals surface area contributed by atoms with E-state index >= 15 is 0 Å². The number of rotatable bonds is 13. The molecule has 0 radical (unpaired) electrons. The van der Waals surface area contributed by atoms with Crippen LogP contribution >= 0.6 is 0 Å². The minimum atomic E-state index is -0.838. The average Bonchev–Trinajstić information content (AvgIpc) is 3.63. The van der Waals surface area contributed by atoms with Gasteiger partial charge in [-0.3, -0.25) is 4.79 Å². The monoisotopic (exact) mass is 837 g/mol. The first kappa shape index (κ1) is 42.6. The van der Waals surface area contributed by atoms with Gasteiger partial charge in [0.2, 0.25) is 5.91 Å². The Morgan fingerprint density at radius 1 is 0.839 bits per heavy atom. The van der Waals surface area contributed by atoms with Crippen molar-refractivity contribution < 1.29 is 33.7 Å². The summed E-state index contributed by atoms with van der Waals surface area (Å²) in [6.45, 7) is 5.09. The number of para-hydroxylation sites is 1. The molecular formula is C50H55N5O7. The molecule has 0 saturated carbocycles. The SMILES string of the molecule is COC(=O)[C@H](Cc1ccccc1)NC(=O)NCc1ccccc1-c1ccc([C@@H]2O[C@H](CN3CCC4(CC3)C(=O)NCN4c3ccccc3)[C@H](C)[C@H](c3ccc(CO)cc3)O2)cc1. The molecule has 3 heterocycles. The smallest absolute Gasteiger partial charge is 0.328 e. The van der Waals surface area contributed by atoms with Gasteiger partial charge in [0.25, 0.3) is 0 Å². The summed E-state index contributed by atoms with van der Waals surface area (Å²) < 4.78 is 18.6. The van der Waals surface area contributed by atoms with Crippen LogP contribution < -0.4 is 20.9 Å². The number of hydrogen-bond acceptors (Lipinski definition) is 9. The van der Waals surface area contributed by atoms with E-state index in [4.69, 9.17) is 14.2 Å². The number of esters is 1. The Kier molecular flexibility index (Phi) is 13.3. The van der Waals surface area contributed by atoms with Gasteiger partial charge in [-0.15, -0.1) is 0 Å². The molecule has 3 aliphatic rings. The van der Waals surface area contributed by atoms with E-state index in [9.17, 15) is 19.5 Å². The summed E-state index contributed by atoms with van der Waals surface area (Å²) in [5, 5.41) is 18.6. The Labute approximate surface area is 363 Å². The predicted molar refractivity (Wildman–Crippen MR) is 237 cm³/mol. The van der Waals surface area contributed by atoms with Crippen molar-refractivity contribution in [3.05, 3.63) is 161 Å². The van der Waals surface area contributed by atoms with Crippen molar-refractivity contribution in [2.24, 2.45) is 5.92 Å². The molecule has 0 aliphatic carbocycles. The zero-order valence-corrected chi connectivity index (χ0v) is 35.2. The molecule has 62 heavy (non-hydrogen) atoms. The van der Waals surface area contributed by atoms with Crippen molar-refractivity contribution in [2.45, 2.75) is 69.4 Å². The van der Waals surface area contributed by atoms with Gasteiger partial charge in [-0.1, -0.05) is 128 Å². The molecule has 0 unspecified atom stereocenters. The number of carbonyl (C=O) groups is 3. The molecule has 0 aromatic heterocycles. The van der Waals surface area contributed by atoms with Gasteiger partial charge in [0.05, 0.1) is 32.6 Å². The van der Waals surface area contributed by atoms with Gasteiger partial charge in [0.1, 0.15) is 11.6 Å². The first-order valence-electron chi connectivity index (χ1n) is 21.4. The highest BCUT2D eigenvalue weighted by atomic mass is 16.7. The molecule has 5 atom stereocenters. The van der Waals surface area contributed by atoms with Crippen LogP contribution in [-0.2, 0) is 43.4 Å². The highest BCUT2D eigenvalue weighted by molar-refractivity contribution is 5.93. The summed E-state index contributed by atoms with van der Waals surface area (Å²) >= 11 is 0. The third-order valence-electron chi connectivity index (χ3n) is 12.7. The molecule has 5 aromatic rings. The molecule has 3 saturated heterocycles. The number of ether oxygens (including phenoxy) is 3. The molecule has 3 aliphatic heterocycles. The van der Waals surface area contributed by atoms with E-state index < -0.39 is 29.9 Å². The summed E-state index contributed by atoms with van der Waals surface area (Å²) in [6.07, 6.45) is 0.662. The molecule has 5 aromatic carbocycles. The van der Waals surface area contributed by atoms with Gasteiger partial charge < -0.3 is 45.1 Å². The Bertz CT molecular complexity index is 2280. The number of aliphatic hydroxyl groups excluding tert-OH is 1. The molecule has 3 amide bonds. The van der Waals surface area contributed by atoms with Crippen LogP contribution in [0.25, 0.3) is 11.1 Å². The molecule has 3 fully saturated rings. The zero-order chi connectivity index (χ0) is 43.1. The lowest BCUT2D eigenvalue weighted by Gasteiger charge is -2.46.